The number of hydrogen-bond acceptors (Lipinski definition) is 1. The van der Waals surface area contributed by atoms with Crippen molar-refractivity contribution in [3.63, 3.8) is 0 Å². The highest BCUT2D eigenvalue weighted by Gasteiger charge is 2.37. The first-order valence-electron chi connectivity index (χ1n) is 20.2. The van der Waals surface area contributed by atoms with E-state index in [-0.39, 0.29) is 10.8 Å². The largest absolute Gasteiger partial charge is 0.310 e. The van der Waals surface area contributed by atoms with Gasteiger partial charge in [-0.15, -0.1) is 0 Å². The molecule has 0 atom stereocenters. The van der Waals surface area contributed by atoms with E-state index >= 15 is 0 Å². The van der Waals surface area contributed by atoms with Crippen molar-refractivity contribution in [2.75, 3.05) is 4.90 Å². The summed E-state index contributed by atoms with van der Waals surface area (Å²) in [7, 11) is 0. The Kier molecular flexibility index (Phi) is 7.32. The summed E-state index contributed by atoms with van der Waals surface area (Å²) in [5.41, 5.74) is 19.1. The molecule has 0 N–H and O–H groups in total. The highest BCUT2D eigenvalue weighted by atomic mass is 15.1. The predicted octanol–water partition coefficient (Wildman–Crippen LogP) is 15.4. The molecule has 0 aliphatic heterocycles. The van der Waals surface area contributed by atoms with E-state index < -0.39 is 0 Å². The zero-order valence-corrected chi connectivity index (χ0v) is 32.8. The second-order valence-corrected chi connectivity index (χ2v) is 16.9. The van der Waals surface area contributed by atoms with Crippen LogP contribution in [0.25, 0.3) is 66.1 Å². The van der Waals surface area contributed by atoms with E-state index in [1.54, 1.807) is 0 Å². The first-order chi connectivity index (χ1) is 27.8. The third-order valence-corrected chi connectivity index (χ3v) is 13.1. The standard InChI is InChI=1S/C56H43N/c1-55(2)49-24-14-12-18-41(49)43-32-30-39(34-51(43)55)57(40-31-33-44-42-19-13-15-25-50(42)56(3,4)52(44)35-40)38-28-26-37(27-29-38)54-47-22-10-8-20-45(47)53(36-16-6-5-7-17-36)46-21-9-11-23-48(46)54/h5-35H,1-4H3. The van der Waals surface area contributed by atoms with Gasteiger partial charge in [0, 0.05) is 27.9 Å². The van der Waals surface area contributed by atoms with Crippen molar-refractivity contribution in [2.45, 2.75) is 38.5 Å². The van der Waals surface area contributed by atoms with Gasteiger partial charge in [-0.05, 0) is 125 Å². The van der Waals surface area contributed by atoms with E-state index in [1.165, 1.54) is 99.7 Å². The molecular formula is C56H43N. The molecule has 9 aromatic rings. The summed E-state index contributed by atoms with van der Waals surface area (Å²) >= 11 is 0. The molecule has 0 fully saturated rings. The van der Waals surface area contributed by atoms with Crippen LogP contribution in [-0.4, -0.2) is 0 Å². The molecule has 0 aromatic heterocycles. The molecule has 0 spiro atoms. The Balaban J connectivity index is 1.10. The SMILES string of the molecule is CC1(C)c2ccccc2-c2ccc(N(c3ccc(-c4c5ccccc5c(-c5ccccc5)c5ccccc45)cc3)c3ccc4c(c3)C(C)(C)c3ccccc3-4)cc21. The molecule has 9 aromatic carbocycles. The van der Waals surface area contributed by atoms with E-state index in [0.29, 0.717) is 0 Å². The fraction of sp³-hybridized carbons (Fsp3) is 0.107. The van der Waals surface area contributed by atoms with Crippen LogP contribution in [0.4, 0.5) is 17.1 Å². The van der Waals surface area contributed by atoms with E-state index in [9.17, 15) is 0 Å². The van der Waals surface area contributed by atoms with Crippen LogP contribution in [-0.2, 0) is 10.8 Å². The van der Waals surface area contributed by atoms with E-state index in [2.05, 4.69) is 221 Å². The van der Waals surface area contributed by atoms with Crippen LogP contribution in [0.1, 0.15) is 49.9 Å². The molecule has 57 heavy (non-hydrogen) atoms. The molecule has 0 bridgehead atoms. The Morgan fingerprint density at radius 3 is 1.11 bits per heavy atom. The lowest BCUT2D eigenvalue weighted by Gasteiger charge is -2.30. The van der Waals surface area contributed by atoms with Crippen LogP contribution in [0, 0.1) is 0 Å². The summed E-state index contributed by atoms with van der Waals surface area (Å²) in [5.74, 6) is 0. The molecule has 0 unspecified atom stereocenters. The predicted molar refractivity (Wildman–Crippen MR) is 242 cm³/mol. The minimum absolute atomic E-state index is 0.104. The molecule has 0 saturated heterocycles. The van der Waals surface area contributed by atoms with Gasteiger partial charge in [-0.1, -0.05) is 179 Å². The summed E-state index contributed by atoms with van der Waals surface area (Å²) in [5, 5.41) is 5.07. The molecule has 2 aliphatic rings. The van der Waals surface area contributed by atoms with Crippen molar-refractivity contribution in [2.24, 2.45) is 0 Å². The van der Waals surface area contributed by atoms with Gasteiger partial charge in [0.1, 0.15) is 0 Å². The lowest BCUT2D eigenvalue weighted by molar-refractivity contribution is 0.660. The Labute approximate surface area is 335 Å². The van der Waals surface area contributed by atoms with Crippen molar-refractivity contribution in [1.29, 1.82) is 0 Å². The van der Waals surface area contributed by atoms with Gasteiger partial charge in [-0.3, -0.25) is 0 Å². The van der Waals surface area contributed by atoms with Gasteiger partial charge in [-0.2, -0.15) is 0 Å². The first kappa shape index (κ1) is 33.6. The van der Waals surface area contributed by atoms with Gasteiger partial charge < -0.3 is 4.90 Å². The zero-order chi connectivity index (χ0) is 38.5. The summed E-state index contributed by atoms with van der Waals surface area (Å²) < 4.78 is 0. The first-order valence-corrected chi connectivity index (χ1v) is 20.2. The highest BCUT2D eigenvalue weighted by molar-refractivity contribution is 6.21. The maximum atomic E-state index is 2.47. The summed E-state index contributed by atoms with van der Waals surface area (Å²) in [6.07, 6.45) is 0. The van der Waals surface area contributed by atoms with E-state index in [0.717, 1.165) is 5.69 Å². The third-order valence-electron chi connectivity index (χ3n) is 13.1. The Hall–Kier alpha value is -6.70. The lowest BCUT2D eigenvalue weighted by atomic mass is 9.82. The number of fused-ring (bicyclic) bond motifs is 8. The van der Waals surface area contributed by atoms with Crippen LogP contribution >= 0.6 is 0 Å². The van der Waals surface area contributed by atoms with Gasteiger partial charge in [-0.25, -0.2) is 0 Å². The molecule has 1 heteroatoms. The molecule has 272 valence electrons. The normalized spacial score (nSPS) is 14.2. The second kappa shape index (κ2) is 12.4. The fourth-order valence-corrected chi connectivity index (χ4v) is 10.2. The smallest absolute Gasteiger partial charge is 0.0465 e. The molecule has 0 amide bonds. The molecule has 0 saturated carbocycles. The highest BCUT2D eigenvalue weighted by Crippen LogP contribution is 2.53. The number of nitrogens with zero attached hydrogens (tertiary/aromatic N) is 1. The van der Waals surface area contributed by atoms with Crippen molar-refractivity contribution in [3.8, 4) is 44.5 Å². The van der Waals surface area contributed by atoms with Crippen LogP contribution < -0.4 is 4.90 Å². The van der Waals surface area contributed by atoms with Gasteiger partial charge in [0.25, 0.3) is 0 Å². The van der Waals surface area contributed by atoms with Crippen molar-refractivity contribution in [1.82, 2.24) is 0 Å². The van der Waals surface area contributed by atoms with Gasteiger partial charge in [0.05, 0.1) is 0 Å². The van der Waals surface area contributed by atoms with Gasteiger partial charge in [0.15, 0.2) is 0 Å². The molecule has 0 heterocycles. The van der Waals surface area contributed by atoms with Gasteiger partial charge >= 0.3 is 0 Å². The van der Waals surface area contributed by atoms with Crippen LogP contribution in [0.5, 0.6) is 0 Å². The number of benzene rings is 9. The topological polar surface area (TPSA) is 3.24 Å². The maximum absolute atomic E-state index is 2.47. The lowest BCUT2D eigenvalue weighted by Crippen LogP contribution is -2.18. The average Bonchev–Trinajstić information content (AvgIpc) is 3.62. The number of rotatable bonds is 5. The molecule has 11 rings (SSSR count). The molecule has 1 nitrogen and oxygen atoms in total. The Morgan fingerprint density at radius 1 is 0.298 bits per heavy atom. The maximum Gasteiger partial charge on any atom is 0.0465 e. The van der Waals surface area contributed by atoms with Crippen LogP contribution in [0.15, 0.2) is 188 Å². The zero-order valence-electron chi connectivity index (χ0n) is 32.8. The van der Waals surface area contributed by atoms with Crippen LogP contribution in [0.2, 0.25) is 0 Å². The molecular weight excluding hydrogens is 687 g/mol. The molecule has 0 radical (unpaired) electrons. The van der Waals surface area contributed by atoms with Crippen molar-refractivity contribution < 1.29 is 0 Å². The van der Waals surface area contributed by atoms with Gasteiger partial charge in [0.2, 0.25) is 0 Å². The number of anilines is 3. The van der Waals surface area contributed by atoms with Crippen molar-refractivity contribution in [3.05, 3.63) is 210 Å². The van der Waals surface area contributed by atoms with E-state index in [1.807, 2.05) is 0 Å². The monoisotopic (exact) mass is 729 g/mol. The van der Waals surface area contributed by atoms with Crippen molar-refractivity contribution >= 4 is 38.6 Å². The minimum atomic E-state index is -0.104. The Morgan fingerprint density at radius 2 is 0.649 bits per heavy atom. The summed E-state index contributed by atoms with van der Waals surface area (Å²) in [6.45, 7) is 9.47. The fourth-order valence-electron chi connectivity index (χ4n) is 10.2. The number of hydrogen-bond donors (Lipinski definition) is 0. The summed E-state index contributed by atoms with van der Waals surface area (Å²) in [6, 6.07) is 70.0. The quantitative estimate of drug-likeness (QED) is 0.159. The van der Waals surface area contributed by atoms with Crippen LogP contribution in [0.3, 0.4) is 0 Å². The second-order valence-electron chi connectivity index (χ2n) is 16.9. The third kappa shape index (κ3) is 4.95. The van der Waals surface area contributed by atoms with E-state index in [4.69, 9.17) is 0 Å². The average molecular weight is 730 g/mol. The Bertz CT molecular complexity index is 2890. The minimum Gasteiger partial charge on any atom is -0.310 e. The molecule has 2 aliphatic carbocycles. The summed E-state index contributed by atoms with van der Waals surface area (Å²) in [4.78, 5) is 2.47.